The van der Waals surface area contributed by atoms with Crippen molar-refractivity contribution in [3.63, 3.8) is 0 Å². The second kappa shape index (κ2) is 7.29. The van der Waals surface area contributed by atoms with Crippen molar-refractivity contribution < 1.29 is 14.3 Å². The van der Waals surface area contributed by atoms with Gasteiger partial charge in [0.1, 0.15) is 5.75 Å². The van der Waals surface area contributed by atoms with Gasteiger partial charge in [-0.2, -0.15) is 0 Å². The van der Waals surface area contributed by atoms with E-state index >= 15 is 0 Å². The molecule has 4 nitrogen and oxygen atoms in total. The third-order valence-electron chi connectivity index (χ3n) is 2.96. The van der Waals surface area contributed by atoms with E-state index in [9.17, 15) is 9.59 Å². The Labute approximate surface area is 138 Å². The van der Waals surface area contributed by atoms with Gasteiger partial charge in [-0.25, -0.2) is 4.79 Å². The minimum absolute atomic E-state index is 0.381. The molecule has 2 aromatic carbocycles. The number of esters is 1. The van der Waals surface area contributed by atoms with Crippen LogP contribution < -0.4 is 9.64 Å². The number of ether oxygens (including phenoxy) is 1. The van der Waals surface area contributed by atoms with E-state index in [0.29, 0.717) is 17.0 Å². The standard InChI is InChI=1S/C16H13Cl2NO3/c1-19(15(20)14(17)18)12-7-9-13(10-8-12)22-16(21)11-5-3-2-4-6-11/h2-10,14H,1H3. The molecule has 2 rings (SSSR count). The fourth-order valence-electron chi connectivity index (χ4n) is 1.75. The van der Waals surface area contributed by atoms with Crippen LogP contribution in [0.25, 0.3) is 0 Å². The first kappa shape index (κ1) is 16.3. The Morgan fingerprint density at radius 3 is 2.14 bits per heavy atom. The molecule has 22 heavy (non-hydrogen) atoms. The van der Waals surface area contributed by atoms with E-state index in [1.165, 1.54) is 4.90 Å². The Bertz CT molecular complexity index is 657. The molecule has 114 valence electrons. The fraction of sp³-hybridized carbons (Fsp3) is 0.125. The van der Waals surface area contributed by atoms with Crippen LogP contribution in [0, 0.1) is 0 Å². The van der Waals surface area contributed by atoms with Crippen molar-refractivity contribution in [1.29, 1.82) is 0 Å². The molecule has 0 saturated carbocycles. The molecule has 0 unspecified atom stereocenters. The first-order valence-corrected chi connectivity index (χ1v) is 7.29. The zero-order valence-electron chi connectivity index (χ0n) is 11.7. The van der Waals surface area contributed by atoms with Gasteiger partial charge in [0.15, 0.2) is 4.84 Å². The Hall–Kier alpha value is -2.04. The molecule has 0 fully saturated rings. The quantitative estimate of drug-likeness (QED) is 0.485. The van der Waals surface area contributed by atoms with E-state index < -0.39 is 16.7 Å². The van der Waals surface area contributed by atoms with E-state index in [1.807, 2.05) is 6.07 Å². The Kier molecular flexibility index (Phi) is 5.41. The number of alkyl halides is 2. The lowest BCUT2D eigenvalue weighted by molar-refractivity contribution is -0.116. The molecule has 0 bridgehead atoms. The van der Waals surface area contributed by atoms with Crippen LogP contribution in [-0.4, -0.2) is 23.8 Å². The summed E-state index contributed by atoms with van der Waals surface area (Å²) in [7, 11) is 1.56. The predicted molar refractivity (Wildman–Crippen MR) is 86.7 cm³/mol. The van der Waals surface area contributed by atoms with E-state index in [2.05, 4.69) is 0 Å². The molecule has 0 N–H and O–H groups in total. The van der Waals surface area contributed by atoms with Gasteiger partial charge < -0.3 is 9.64 Å². The van der Waals surface area contributed by atoms with Crippen molar-refractivity contribution in [2.45, 2.75) is 4.84 Å². The molecule has 1 amide bonds. The van der Waals surface area contributed by atoms with Crippen molar-refractivity contribution in [2.24, 2.45) is 0 Å². The van der Waals surface area contributed by atoms with Crippen LogP contribution in [0.5, 0.6) is 5.75 Å². The summed E-state index contributed by atoms with van der Waals surface area (Å²) in [5.41, 5.74) is 1.06. The number of anilines is 1. The fourth-order valence-corrected chi connectivity index (χ4v) is 2.04. The monoisotopic (exact) mass is 337 g/mol. The van der Waals surface area contributed by atoms with Crippen LogP contribution in [0.2, 0.25) is 0 Å². The van der Waals surface area contributed by atoms with Gasteiger partial charge in [-0.15, -0.1) is 0 Å². The van der Waals surface area contributed by atoms with Crippen molar-refractivity contribution in [2.75, 3.05) is 11.9 Å². The van der Waals surface area contributed by atoms with Crippen molar-refractivity contribution in [3.05, 3.63) is 60.2 Å². The highest BCUT2D eigenvalue weighted by atomic mass is 35.5. The van der Waals surface area contributed by atoms with Crippen LogP contribution in [0.1, 0.15) is 10.4 Å². The van der Waals surface area contributed by atoms with Crippen molar-refractivity contribution >= 4 is 40.8 Å². The summed E-state index contributed by atoms with van der Waals surface area (Å²) < 4.78 is 5.25. The van der Waals surface area contributed by atoms with E-state index in [0.717, 1.165) is 0 Å². The summed E-state index contributed by atoms with van der Waals surface area (Å²) in [6.07, 6.45) is 0. The maximum atomic E-state index is 11.9. The van der Waals surface area contributed by atoms with Crippen LogP contribution in [0.4, 0.5) is 5.69 Å². The number of carbonyl (C=O) groups is 2. The first-order chi connectivity index (χ1) is 10.5. The number of nitrogens with zero attached hydrogens (tertiary/aromatic N) is 1. The highest BCUT2D eigenvalue weighted by Crippen LogP contribution is 2.21. The third-order valence-corrected chi connectivity index (χ3v) is 3.33. The lowest BCUT2D eigenvalue weighted by Gasteiger charge is -2.18. The number of benzene rings is 2. The smallest absolute Gasteiger partial charge is 0.343 e. The summed E-state index contributed by atoms with van der Waals surface area (Å²) in [4.78, 5) is 23.8. The largest absolute Gasteiger partial charge is 0.423 e. The van der Waals surface area contributed by atoms with Gasteiger partial charge in [-0.1, -0.05) is 41.4 Å². The van der Waals surface area contributed by atoms with Crippen LogP contribution in [0.15, 0.2) is 54.6 Å². The summed E-state index contributed by atoms with van der Waals surface area (Å²) in [6.45, 7) is 0. The molecule has 0 aliphatic heterocycles. The molecule has 0 atom stereocenters. The normalized spacial score (nSPS) is 10.4. The lowest BCUT2D eigenvalue weighted by atomic mass is 10.2. The summed E-state index contributed by atoms with van der Waals surface area (Å²) >= 11 is 11.1. The van der Waals surface area contributed by atoms with E-state index in [4.69, 9.17) is 27.9 Å². The molecule has 2 aromatic rings. The average Bonchev–Trinajstić information content (AvgIpc) is 2.55. The summed E-state index contributed by atoms with van der Waals surface area (Å²) in [5.74, 6) is -0.497. The molecule has 0 aliphatic carbocycles. The van der Waals surface area contributed by atoms with Crippen molar-refractivity contribution in [3.8, 4) is 5.75 Å². The molecule has 0 aliphatic rings. The van der Waals surface area contributed by atoms with Crippen LogP contribution in [0.3, 0.4) is 0 Å². The molecule has 6 heteroatoms. The van der Waals surface area contributed by atoms with Gasteiger partial charge in [0, 0.05) is 12.7 Å². The van der Waals surface area contributed by atoms with Crippen LogP contribution >= 0.6 is 23.2 Å². The average molecular weight is 338 g/mol. The van der Waals surface area contributed by atoms with Crippen LogP contribution in [-0.2, 0) is 4.79 Å². The van der Waals surface area contributed by atoms with Gasteiger partial charge in [0.2, 0.25) is 0 Å². The first-order valence-electron chi connectivity index (χ1n) is 6.42. The highest BCUT2D eigenvalue weighted by Gasteiger charge is 2.18. The number of halogens is 2. The Morgan fingerprint density at radius 1 is 1.00 bits per heavy atom. The predicted octanol–water partition coefficient (Wildman–Crippen LogP) is 3.67. The molecule has 0 spiro atoms. The van der Waals surface area contributed by atoms with Gasteiger partial charge in [0.25, 0.3) is 5.91 Å². The minimum atomic E-state index is -1.12. The zero-order valence-corrected chi connectivity index (χ0v) is 13.2. The van der Waals surface area contributed by atoms with Crippen molar-refractivity contribution in [1.82, 2.24) is 0 Å². The van der Waals surface area contributed by atoms with E-state index in [-0.39, 0.29) is 0 Å². The lowest BCUT2D eigenvalue weighted by Crippen LogP contribution is -2.30. The zero-order chi connectivity index (χ0) is 16.1. The van der Waals surface area contributed by atoms with Gasteiger partial charge in [0.05, 0.1) is 5.56 Å². The molecular formula is C16H13Cl2NO3. The van der Waals surface area contributed by atoms with E-state index in [1.54, 1.807) is 55.6 Å². The van der Waals surface area contributed by atoms with Gasteiger partial charge >= 0.3 is 5.97 Å². The molecule has 0 radical (unpaired) electrons. The third kappa shape index (κ3) is 4.00. The number of carbonyl (C=O) groups excluding carboxylic acids is 2. The Balaban J connectivity index is 2.06. The van der Waals surface area contributed by atoms with Gasteiger partial charge in [-0.3, -0.25) is 4.79 Å². The summed E-state index contributed by atoms with van der Waals surface area (Å²) in [6, 6.07) is 15.1. The minimum Gasteiger partial charge on any atom is -0.423 e. The SMILES string of the molecule is CN(C(=O)C(Cl)Cl)c1ccc(OC(=O)c2ccccc2)cc1. The van der Waals surface area contributed by atoms with Gasteiger partial charge in [-0.05, 0) is 36.4 Å². The number of hydrogen-bond donors (Lipinski definition) is 0. The number of amides is 1. The Morgan fingerprint density at radius 2 is 1.59 bits per heavy atom. The molecule has 0 heterocycles. The molecular weight excluding hydrogens is 325 g/mol. The highest BCUT2D eigenvalue weighted by molar-refractivity contribution is 6.54. The second-order valence-electron chi connectivity index (χ2n) is 4.45. The molecule has 0 aromatic heterocycles. The number of rotatable bonds is 4. The number of hydrogen-bond acceptors (Lipinski definition) is 3. The maximum Gasteiger partial charge on any atom is 0.343 e. The molecule has 0 saturated heterocycles. The maximum absolute atomic E-state index is 11.9. The topological polar surface area (TPSA) is 46.6 Å². The second-order valence-corrected chi connectivity index (χ2v) is 5.54. The summed E-state index contributed by atoms with van der Waals surface area (Å²) in [5, 5.41) is 0.